The Morgan fingerprint density at radius 3 is 2.52 bits per heavy atom. The summed E-state index contributed by atoms with van der Waals surface area (Å²) in [4.78, 5) is 7.25. The summed E-state index contributed by atoms with van der Waals surface area (Å²) in [5, 5.41) is 26.6. The maximum atomic E-state index is 10.1. The molecular weight excluding hydrogens is 643 g/mol. The summed E-state index contributed by atoms with van der Waals surface area (Å²) in [6, 6.07) is 21.0. The Bertz CT molecular complexity index is 2000. The number of aromatic nitrogens is 1. The molecule has 2 heterocycles. The first-order chi connectivity index (χ1) is 25.1. The molecule has 1 aliphatic rings. The molecule has 0 bridgehead atoms. The van der Waals surface area contributed by atoms with Gasteiger partial charge < -0.3 is 20.5 Å². The molecular formula is C45H53N5O2. The van der Waals surface area contributed by atoms with Crippen LogP contribution in [0.4, 0.5) is 5.69 Å². The van der Waals surface area contributed by atoms with E-state index in [4.69, 9.17) is 9.72 Å². The number of aliphatic hydroxyl groups excluding tert-OH is 1. The van der Waals surface area contributed by atoms with Crippen molar-refractivity contribution in [1.29, 1.82) is 5.26 Å². The summed E-state index contributed by atoms with van der Waals surface area (Å²) in [7, 11) is 0. The quantitative estimate of drug-likeness (QED) is 0.107. The number of likely N-dealkylation sites (tertiary alicyclic amines) is 1. The fourth-order valence-corrected chi connectivity index (χ4v) is 7.06. The van der Waals surface area contributed by atoms with Crippen molar-refractivity contribution < 1.29 is 9.84 Å². The van der Waals surface area contributed by atoms with Gasteiger partial charge in [-0.25, -0.2) is 0 Å². The fourth-order valence-electron chi connectivity index (χ4n) is 7.06. The number of benzene rings is 3. The number of nitriles is 1. The van der Waals surface area contributed by atoms with E-state index in [0.29, 0.717) is 35.2 Å². The topological polar surface area (TPSA) is 93.4 Å². The number of hydrogen-bond donors (Lipinski definition) is 3. The zero-order valence-electron chi connectivity index (χ0n) is 31.6. The first-order valence-electron chi connectivity index (χ1n) is 18.3. The van der Waals surface area contributed by atoms with Crippen molar-refractivity contribution in [3.63, 3.8) is 0 Å². The Hall–Kier alpha value is -5.00. The minimum atomic E-state index is 0.0539. The number of aliphatic hydroxyl groups is 1. The molecule has 1 saturated heterocycles. The molecule has 7 heteroatoms. The van der Waals surface area contributed by atoms with Gasteiger partial charge in [-0.3, -0.25) is 9.88 Å². The highest BCUT2D eigenvalue weighted by molar-refractivity contribution is 5.84. The smallest absolute Gasteiger partial charge is 0.148 e. The summed E-state index contributed by atoms with van der Waals surface area (Å²) >= 11 is 0. The lowest BCUT2D eigenvalue weighted by Gasteiger charge is -2.20. The Morgan fingerprint density at radius 2 is 1.85 bits per heavy atom. The Kier molecular flexibility index (Phi) is 12.9. The van der Waals surface area contributed by atoms with Crippen molar-refractivity contribution in [2.45, 2.75) is 73.5 Å². The first-order valence-corrected chi connectivity index (χ1v) is 18.3. The molecule has 1 aliphatic heterocycles. The van der Waals surface area contributed by atoms with Crippen LogP contribution in [-0.4, -0.2) is 40.7 Å². The van der Waals surface area contributed by atoms with E-state index >= 15 is 0 Å². The van der Waals surface area contributed by atoms with Crippen LogP contribution < -0.4 is 15.4 Å². The van der Waals surface area contributed by atoms with Crippen LogP contribution >= 0.6 is 0 Å². The average molecular weight is 696 g/mol. The lowest BCUT2D eigenvalue weighted by molar-refractivity contribution is 0.238. The van der Waals surface area contributed by atoms with Crippen molar-refractivity contribution in [3.8, 4) is 22.9 Å². The van der Waals surface area contributed by atoms with E-state index in [-0.39, 0.29) is 12.6 Å². The van der Waals surface area contributed by atoms with Crippen molar-refractivity contribution >= 4 is 23.2 Å². The van der Waals surface area contributed by atoms with Crippen LogP contribution in [0.25, 0.3) is 28.7 Å². The number of aryl methyl sites for hydroxylation is 1. The van der Waals surface area contributed by atoms with Crippen molar-refractivity contribution in [1.82, 2.24) is 15.2 Å². The lowest BCUT2D eigenvalue weighted by Crippen LogP contribution is -2.31. The minimum Gasteiger partial charge on any atom is -0.456 e. The number of anilines is 1. The van der Waals surface area contributed by atoms with Gasteiger partial charge >= 0.3 is 0 Å². The third kappa shape index (κ3) is 8.89. The first kappa shape index (κ1) is 38.2. The van der Waals surface area contributed by atoms with Crippen molar-refractivity contribution in [2.75, 3.05) is 25.0 Å². The summed E-state index contributed by atoms with van der Waals surface area (Å²) in [6.45, 7) is 25.0. The van der Waals surface area contributed by atoms with Crippen LogP contribution in [0.3, 0.4) is 0 Å². The zero-order chi connectivity index (χ0) is 37.4. The van der Waals surface area contributed by atoms with Crippen molar-refractivity contribution in [3.05, 3.63) is 130 Å². The maximum Gasteiger partial charge on any atom is 0.148 e. The Labute approximate surface area is 310 Å². The molecule has 7 nitrogen and oxygen atoms in total. The highest BCUT2D eigenvalue weighted by atomic mass is 16.5. The van der Waals surface area contributed by atoms with Gasteiger partial charge in [-0.15, -0.1) is 0 Å². The second-order valence-corrected chi connectivity index (χ2v) is 14.1. The highest BCUT2D eigenvalue weighted by Gasteiger charge is 2.21. The normalized spacial score (nSPS) is 15.1. The average Bonchev–Trinajstić information content (AvgIpc) is 3.54. The van der Waals surface area contributed by atoms with Gasteiger partial charge in [0.1, 0.15) is 17.6 Å². The number of pyridine rings is 1. The number of hydrogen-bond acceptors (Lipinski definition) is 7. The number of allylic oxidation sites excluding steroid dienone is 1. The number of nitrogens with one attached hydrogen (secondary N) is 2. The third-order valence-corrected chi connectivity index (χ3v) is 10.1. The largest absolute Gasteiger partial charge is 0.456 e. The summed E-state index contributed by atoms with van der Waals surface area (Å²) in [6.07, 6.45) is 7.98. The van der Waals surface area contributed by atoms with Crippen LogP contribution in [0.1, 0.15) is 83.8 Å². The fraction of sp³-hybridized carbons (Fsp3) is 0.333. The molecule has 0 aliphatic carbocycles. The van der Waals surface area contributed by atoms with Crippen LogP contribution in [-0.2, 0) is 13.1 Å². The molecule has 270 valence electrons. The van der Waals surface area contributed by atoms with Gasteiger partial charge in [0, 0.05) is 48.7 Å². The standard InChI is InChI=1S/C45H53N5O2/c1-9-13-37-22-36(24-47-39(10-2)28-51)25-48-44(37)33(7)49-43-17-12-16-42(32(43)6)41-15-11-14-40(31(41)5)34(8)52-45-30(4)20-35(21-38(45)23-46)27-50-19-18-29(3)26-50/h9,11-17,20-22,25,29,39,47,49,51H,7-8,10,18-19,24,26-28H2,1-6H3/b13-9-. The minimum absolute atomic E-state index is 0.0539. The molecule has 0 spiro atoms. The predicted octanol–water partition coefficient (Wildman–Crippen LogP) is 9.41. The number of ether oxygens (including phenoxy) is 1. The predicted molar refractivity (Wildman–Crippen MR) is 216 cm³/mol. The highest BCUT2D eigenvalue weighted by Crippen LogP contribution is 2.37. The number of rotatable bonds is 15. The SMILES string of the molecule is C=C(Oc1c(C)cc(CN2CCC(C)C2)cc1C#N)c1cccc(-c2cccc(NC(=C)c3ncc(CNC(CC)CO)cc3/C=C\C)c2C)c1C. The van der Waals surface area contributed by atoms with Gasteiger partial charge in [0.2, 0.25) is 0 Å². The van der Waals surface area contributed by atoms with Crippen LogP contribution in [0, 0.1) is 38.0 Å². The molecule has 4 aromatic rings. The molecule has 3 aromatic carbocycles. The second kappa shape index (κ2) is 17.5. The molecule has 5 rings (SSSR count). The molecule has 0 amide bonds. The van der Waals surface area contributed by atoms with Crippen LogP contribution in [0.15, 0.2) is 80.0 Å². The molecule has 2 unspecified atom stereocenters. The van der Waals surface area contributed by atoms with Gasteiger partial charge in [-0.1, -0.05) is 75.6 Å². The Morgan fingerprint density at radius 1 is 1.10 bits per heavy atom. The Balaban J connectivity index is 1.36. The van der Waals surface area contributed by atoms with E-state index in [2.05, 4.69) is 92.8 Å². The maximum absolute atomic E-state index is 10.1. The van der Waals surface area contributed by atoms with E-state index in [0.717, 1.165) is 87.5 Å². The molecule has 1 fully saturated rings. The molecule has 2 atom stereocenters. The van der Waals surface area contributed by atoms with Gasteiger partial charge in [0.05, 0.1) is 23.6 Å². The molecule has 3 N–H and O–H groups in total. The van der Waals surface area contributed by atoms with E-state index in [9.17, 15) is 10.4 Å². The summed E-state index contributed by atoms with van der Waals surface area (Å²) in [5.41, 5.74) is 12.2. The molecule has 0 radical (unpaired) electrons. The van der Waals surface area contributed by atoms with Crippen molar-refractivity contribution in [2.24, 2.45) is 5.92 Å². The summed E-state index contributed by atoms with van der Waals surface area (Å²) in [5.74, 6) is 1.77. The second-order valence-electron chi connectivity index (χ2n) is 14.1. The van der Waals surface area contributed by atoms with E-state index in [1.165, 1.54) is 6.42 Å². The zero-order valence-corrected chi connectivity index (χ0v) is 31.6. The molecule has 0 saturated carbocycles. The third-order valence-electron chi connectivity index (χ3n) is 10.1. The van der Waals surface area contributed by atoms with E-state index in [1.807, 2.05) is 56.5 Å². The van der Waals surface area contributed by atoms with E-state index in [1.54, 1.807) is 0 Å². The molecule has 52 heavy (non-hydrogen) atoms. The van der Waals surface area contributed by atoms with Crippen LogP contribution in [0.5, 0.6) is 5.75 Å². The summed E-state index contributed by atoms with van der Waals surface area (Å²) < 4.78 is 6.42. The number of nitrogens with zero attached hydrogens (tertiary/aromatic N) is 3. The van der Waals surface area contributed by atoms with Crippen LogP contribution in [0.2, 0.25) is 0 Å². The monoisotopic (exact) mass is 695 g/mol. The van der Waals surface area contributed by atoms with Gasteiger partial charge in [0.15, 0.2) is 0 Å². The van der Waals surface area contributed by atoms with Gasteiger partial charge in [0.25, 0.3) is 0 Å². The molecule has 1 aromatic heterocycles. The van der Waals surface area contributed by atoms with Gasteiger partial charge in [-0.2, -0.15) is 5.26 Å². The van der Waals surface area contributed by atoms with E-state index < -0.39 is 0 Å². The van der Waals surface area contributed by atoms with Gasteiger partial charge in [-0.05, 0) is 110 Å². The lowest BCUT2D eigenvalue weighted by atomic mass is 9.92.